The quantitative estimate of drug-likeness (QED) is 0.716. The summed E-state index contributed by atoms with van der Waals surface area (Å²) in [5, 5.41) is 3.77. The number of ether oxygens (including phenoxy) is 1. The van der Waals surface area contributed by atoms with Gasteiger partial charge in [0.15, 0.2) is 0 Å². The van der Waals surface area contributed by atoms with Gasteiger partial charge < -0.3 is 10.1 Å². The molecular formula is C13H23NO. The molecule has 1 heterocycles. The van der Waals surface area contributed by atoms with Gasteiger partial charge in [-0.1, -0.05) is 25.7 Å². The summed E-state index contributed by atoms with van der Waals surface area (Å²) < 4.78 is 6.19. The average molecular weight is 209 g/mol. The molecular weight excluding hydrogens is 186 g/mol. The lowest BCUT2D eigenvalue weighted by Crippen LogP contribution is -2.59. The van der Waals surface area contributed by atoms with Crippen LogP contribution in [-0.2, 0) is 4.74 Å². The molecule has 1 unspecified atom stereocenters. The minimum Gasteiger partial charge on any atom is -0.372 e. The monoisotopic (exact) mass is 209 g/mol. The highest BCUT2D eigenvalue weighted by Crippen LogP contribution is 2.43. The molecule has 1 N–H and O–H groups in total. The fourth-order valence-electron chi connectivity index (χ4n) is 4.06. The first kappa shape index (κ1) is 10.1. The summed E-state index contributed by atoms with van der Waals surface area (Å²) in [4.78, 5) is 0. The van der Waals surface area contributed by atoms with E-state index in [0.717, 1.165) is 19.1 Å². The van der Waals surface area contributed by atoms with E-state index in [1.165, 1.54) is 51.4 Å². The Morgan fingerprint density at radius 1 is 1.00 bits per heavy atom. The van der Waals surface area contributed by atoms with Gasteiger partial charge in [-0.05, 0) is 31.6 Å². The molecule has 1 aliphatic heterocycles. The van der Waals surface area contributed by atoms with Crippen molar-refractivity contribution in [1.29, 1.82) is 0 Å². The molecule has 2 nitrogen and oxygen atoms in total. The van der Waals surface area contributed by atoms with Crippen molar-refractivity contribution in [3.63, 3.8) is 0 Å². The van der Waals surface area contributed by atoms with Gasteiger partial charge >= 0.3 is 0 Å². The van der Waals surface area contributed by atoms with Gasteiger partial charge in [-0.25, -0.2) is 0 Å². The predicted octanol–water partition coefficient (Wildman–Crippen LogP) is 2.48. The second-order valence-corrected chi connectivity index (χ2v) is 5.60. The molecule has 2 saturated carbocycles. The van der Waals surface area contributed by atoms with Crippen molar-refractivity contribution in [2.45, 2.75) is 63.0 Å². The topological polar surface area (TPSA) is 21.3 Å². The van der Waals surface area contributed by atoms with Crippen LogP contribution in [0, 0.1) is 5.92 Å². The van der Waals surface area contributed by atoms with Gasteiger partial charge in [0.2, 0.25) is 0 Å². The fourth-order valence-corrected chi connectivity index (χ4v) is 4.06. The number of hydrogen-bond donors (Lipinski definition) is 1. The third-order valence-electron chi connectivity index (χ3n) is 4.74. The number of rotatable bonds is 1. The molecule has 3 aliphatic rings. The first-order valence-corrected chi connectivity index (χ1v) is 6.78. The smallest absolute Gasteiger partial charge is 0.0838 e. The zero-order valence-corrected chi connectivity index (χ0v) is 9.63. The van der Waals surface area contributed by atoms with Crippen LogP contribution in [0.4, 0.5) is 0 Å². The van der Waals surface area contributed by atoms with E-state index in [2.05, 4.69) is 5.32 Å². The van der Waals surface area contributed by atoms with E-state index in [9.17, 15) is 0 Å². The fraction of sp³-hybridized carbons (Fsp3) is 1.00. The lowest BCUT2D eigenvalue weighted by atomic mass is 9.81. The molecule has 86 valence electrons. The minimum atomic E-state index is 0.243. The largest absolute Gasteiger partial charge is 0.372 e. The third-order valence-corrected chi connectivity index (χ3v) is 4.74. The Morgan fingerprint density at radius 3 is 2.47 bits per heavy atom. The highest BCUT2D eigenvalue weighted by molar-refractivity contribution is 5.02. The van der Waals surface area contributed by atoms with E-state index in [4.69, 9.17) is 4.74 Å². The molecule has 1 spiro atoms. The van der Waals surface area contributed by atoms with E-state index in [1.54, 1.807) is 0 Å². The highest BCUT2D eigenvalue weighted by atomic mass is 16.5. The summed E-state index contributed by atoms with van der Waals surface area (Å²) in [6.45, 7) is 2.01. The van der Waals surface area contributed by atoms with Crippen LogP contribution in [0.1, 0.15) is 51.4 Å². The normalized spacial score (nSPS) is 36.4. The number of morpholine rings is 1. The van der Waals surface area contributed by atoms with Gasteiger partial charge in [-0.2, -0.15) is 0 Å². The third kappa shape index (κ3) is 1.72. The van der Waals surface area contributed by atoms with Crippen molar-refractivity contribution in [2.75, 3.05) is 13.2 Å². The molecule has 0 aromatic heterocycles. The lowest BCUT2D eigenvalue weighted by Gasteiger charge is -2.45. The molecule has 1 atom stereocenters. The molecule has 0 bridgehead atoms. The Balaban J connectivity index is 1.77. The van der Waals surface area contributed by atoms with Gasteiger partial charge in [-0.15, -0.1) is 0 Å². The zero-order chi connectivity index (χ0) is 10.1. The van der Waals surface area contributed by atoms with Crippen LogP contribution in [0.5, 0.6) is 0 Å². The van der Waals surface area contributed by atoms with Gasteiger partial charge in [0, 0.05) is 12.6 Å². The summed E-state index contributed by atoms with van der Waals surface area (Å²) in [5.74, 6) is 0.906. The standard InChI is InChI=1S/C13H23NO/c1-2-6-11(5-1)12-13(7-3-4-8-13)15-10-9-14-12/h11-12,14H,1-10H2. The Morgan fingerprint density at radius 2 is 1.73 bits per heavy atom. The molecule has 0 aromatic carbocycles. The van der Waals surface area contributed by atoms with Crippen molar-refractivity contribution in [1.82, 2.24) is 5.32 Å². The summed E-state index contributed by atoms with van der Waals surface area (Å²) in [6, 6.07) is 0.677. The van der Waals surface area contributed by atoms with E-state index < -0.39 is 0 Å². The molecule has 15 heavy (non-hydrogen) atoms. The maximum absolute atomic E-state index is 6.19. The lowest BCUT2D eigenvalue weighted by molar-refractivity contribution is -0.105. The van der Waals surface area contributed by atoms with Crippen molar-refractivity contribution >= 4 is 0 Å². The van der Waals surface area contributed by atoms with Crippen molar-refractivity contribution in [2.24, 2.45) is 5.92 Å². The van der Waals surface area contributed by atoms with Gasteiger partial charge in [0.25, 0.3) is 0 Å². The van der Waals surface area contributed by atoms with E-state index in [-0.39, 0.29) is 5.60 Å². The van der Waals surface area contributed by atoms with Crippen LogP contribution in [0.3, 0.4) is 0 Å². The highest BCUT2D eigenvalue weighted by Gasteiger charge is 2.47. The average Bonchev–Trinajstić information content (AvgIpc) is 2.90. The van der Waals surface area contributed by atoms with Crippen molar-refractivity contribution in [3.05, 3.63) is 0 Å². The second kappa shape index (κ2) is 4.06. The van der Waals surface area contributed by atoms with Gasteiger partial charge in [-0.3, -0.25) is 0 Å². The summed E-state index contributed by atoms with van der Waals surface area (Å²) in [6.07, 6.45) is 11.1. The summed E-state index contributed by atoms with van der Waals surface area (Å²) >= 11 is 0. The Bertz CT molecular complexity index is 217. The summed E-state index contributed by atoms with van der Waals surface area (Å²) in [5.41, 5.74) is 0.243. The summed E-state index contributed by atoms with van der Waals surface area (Å²) in [7, 11) is 0. The van der Waals surface area contributed by atoms with Crippen LogP contribution < -0.4 is 5.32 Å². The molecule has 2 aliphatic carbocycles. The van der Waals surface area contributed by atoms with E-state index >= 15 is 0 Å². The Hall–Kier alpha value is -0.0800. The Labute approximate surface area is 92.8 Å². The Kier molecular flexibility index (Phi) is 2.73. The molecule has 1 saturated heterocycles. The van der Waals surface area contributed by atoms with Crippen LogP contribution in [0.15, 0.2) is 0 Å². The predicted molar refractivity (Wildman–Crippen MR) is 60.9 cm³/mol. The molecule has 0 aromatic rings. The van der Waals surface area contributed by atoms with Crippen LogP contribution >= 0.6 is 0 Å². The van der Waals surface area contributed by atoms with Crippen LogP contribution in [0.2, 0.25) is 0 Å². The molecule has 3 fully saturated rings. The molecule has 2 heteroatoms. The molecule has 0 radical (unpaired) electrons. The zero-order valence-electron chi connectivity index (χ0n) is 9.63. The number of hydrogen-bond acceptors (Lipinski definition) is 2. The van der Waals surface area contributed by atoms with Gasteiger partial charge in [0.05, 0.1) is 12.2 Å². The SMILES string of the molecule is C1CCC(C2NCCOC23CCCC3)C1. The van der Waals surface area contributed by atoms with Crippen molar-refractivity contribution in [3.8, 4) is 0 Å². The molecule has 0 amide bonds. The van der Waals surface area contributed by atoms with Crippen LogP contribution in [-0.4, -0.2) is 24.8 Å². The van der Waals surface area contributed by atoms with Crippen molar-refractivity contribution < 1.29 is 4.74 Å². The first-order valence-electron chi connectivity index (χ1n) is 6.78. The molecule has 3 rings (SSSR count). The second-order valence-electron chi connectivity index (χ2n) is 5.60. The van der Waals surface area contributed by atoms with Gasteiger partial charge in [0.1, 0.15) is 0 Å². The minimum absolute atomic E-state index is 0.243. The van der Waals surface area contributed by atoms with E-state index in [0.29, 0.717) is 6.04 Å². The van der Waals surface area contributed by atoms with E-state index in [1.807, 2.05) is 0 Å². The maximum Gasteiger partial charge on any atom is 0.0838 e. The maximum atomic E-state index is 6.19. The van der Waals surface area contributed by atoms with Crippen LogP contribution in [0.25, 0.3) is 0 Å². The number of nitrogens with one attached hydrogen (secondary N) is 1. The first-order chi connectivity index (χ1) is 7.41.